The minimum Gasteiger partial charge on any atom is -0.370 e. The van der Waals surface area contributed by atoms with Crippen LogP contribution in [0.3, 0.4) is 0 Å². The fourth-order valence-corrected chi connectivity index (χ4v) is 3.25. The lowest BCUT2D eigenvalue weighted by Gasteiger charge is -2.33. The number of aryl methyl sites for hydroxylation is 2. The molecule has 0 bridgehead atoms. The maximum atomic E-state index is 12.7. The van der Waals surface area contributed by atoms with E-state index in [-0.39, 0.29) is 11.2 Å². The van der Waals surface area contributed by atoms with Gasteiger partial charge in [-0.25, -0.2) is 9.78 Å². The minimum absolute atomic E-state index is 0.261. The number of aromatic nitrogens is 3. The fourth-order valence-electron chi connectivity index (χ4n) is 3.25. The Hall–Kier alpha value is -2.11. The zero-order valence-corrected chi connectivity index (χ0v) is 13.6. The van der Waals surface area contributed by atoms with Crippen LogP contribution >= 0.6 is 0 Å². The van der Waals surface area contributed by atoms with Crippen molar-refractivity contribution in [3.05, 3.63) is 32.6 Å². The first-order valence-corrected chi connectivity index (χ1v) is 7.72. The lowest BCUT2D eigenvalue weighted by atomic mass is 9.98. The Morgan fingerprint density at radius 3 is 2.41 bits per heavy atom. The highest BCUT2D eigenvalue weighted by Crippen LogP contribution is 2.29. The molecule has 0 unspecified atom stereocenters. The molecule has 0 amide bonds. The fraction of sp³-hybridized carbons (Fsp3) is 0.562. The van der Waals surface area contributed by atoms with Crippen molar-refractivity contribution in [2.24, 2.45) is 20.0 Å². The predicted octanol–water partition coefficient (Wildman–Crippen LogP) is 1.18. The van der Waals surface area contributed by atoms with E-state index in [9.17, 15) is 9.59 Å². The molecule has 2 aromatic heterocycles. The number of fused-ring (bicyclic) bond motifs is 1. The van der Waals surface area contributed by atoms with E-state index in [1.165, 1.54) is 16.2 Å². The molecule has 3 heterocycles. The van der Waals surface area contributed by atoms with Crippen molar-refractivity contribution < 1.29 is 0 Å². The first-order valence-electron chi connectivity index (χ1n) is 7.72. The molecule has 118 valence electrons. The quantitative estimate of drug-likeness (QED) is 0.793. The van der Waals surface area contributed by atoms with Gasteiger partial charge in [-0.2, -0.15) is 0 Å². The van der Waals surface area contributed by atoms with Crippen LogP contribution in [0.2, 0.25) is 0 Å². The Labute approximate surface area is 129 Å². The Morgan fingerprint density at radius 1 is 1.14 bits per heavy atom. The summed E-state index contributed by atoms with van der Waals surface area (Å²) in [6, 6.07) is 0. The van der Waals surface area contributed by atoms with Gasteiger partial charge in [0.05, 0.1) is 5.69 Å². The second kappa shape index (κ2) is 5.26. The second-order valence-electron chi connectivity index (χ2n) is 6.36. The summed E-state index contributed by atoms with van der Waals surface area (Å²) >= 11 is 0. The molecule has 3 rings (SSSR count). The van der Waals surface area contributed by atoms with Gasteiger partial charge in [0.1, 0.15) is 5.39 Å². The number of hydrogen-bond donors (Lipinski definition) is 0. The number of hydrogen-bond acceptors (Lipinski definition) is 4. The van der Waals surface area contributed by atoms with Crippen LogP contribution in [-0.2, 0) is 14.1 Å². The third-order valence-corrected chi connectivity index (χ3v) is 4.72. The molecule has 22 heavy (non-hydrogen) atoms. The van der Waals surface area contributed by atoms with Crippen LogP contribution in [0.5, 0.6) is 0 Å². The van der Waals surface area contributed by atoms with Crippen molar-refractivity contribution in [2.75, 3.05) is 18.0 Å². The minimum atomic E-state index is -0.341. The van der Waals surface area contributed by atoms with Gasteiger partial charge in [-0.05, 0) is 31.2 Å². The van der Waals surface area contributed by atoms with Crippen molar-refractivity contribution in [1.82, 2.24) is 14.1 Å². The molecule has 6 heteroatoms. The topological polar surface area (TPSA) is 60.1 Å². The standard InChI is InChI=1S/C16H22N4O2/c1-10-5-7-20(8-6-10)13-11(2)9-17-14-12(13)15(21)19(4)16(22)18(14)3/h9-10H,5-8H2,1-4H3. The van der Waals surface area contributed by atoms with E-state index in [2.05, 4.69) is 16.8 Å². The van der Waals surface area contributed by atoms with E-state index >= 15 is 0 Å². The molecule has 0 N–H and O–H groups in total. The Balaban J connectivity index is 2.32. The summed E-state index contributed by atoms with van der Waals surface area (Å²) in [7, 11) is 3.18. The molecule has 0 aromatic carbocycles. The van der Waals surface area contributed by atoms with E-state index in [4.69, 9.17) is 0 Å². The smallest absolute Gasteiger partial charge is 0.332 e. The molecule has 0 radical (unpaired) electrons. The molecule has 0 saturated carbocycles. The summed E-state index contributed by atoms with van der Waals surface area (Å²) in [4.78, 5) is 31.4. The van der Waals surface area contributed by atoms with Gasteiger partial charge in [0, 0.05) is 33.4 Å². The lowest BCUT2D eigenvalue weighted by Crippen LogP contribution is -2.39. The molecule has 0 aliphatic carbocycles. The maximum Gasteiger partial charge on any atom is 0.332 e. The van der Waals surface area contributed by atoms with E-state index in [1.54, 1.807) is 13.2 Å². The van der Waals surface area contributed by atoms with Gasteiger partial charge in [0.15, 0.2) is 5.65 Å². The van der Waals surface area contributed by atoms with Gasteiger partial charge in [0.25, 0.3) is 5.56 Å². The summed E-state index contributed by atoms with van der Waals surface area (Å²) in [6.45, 7) is 6.11. The summed E-state index contributed by atoms with van der Waals surface area (Å²) in [5, 5.41) is 0.555. The number of pyridine rings is 1. The number of anilines is 1. The monoisotopic (exact) mass is 302 g/mol. The number of rotatable bonds is 1. The zero-order chi connectivity index (χ0) is 16.0. The van der Waals surface area contributed by atoms with E-state index in [1.807, 2.05) is 6.92 Å². The van der Waals surface area contributed by atoms with Crippen LogP contribution in [0.1, 0.15) is 25.3 Å². The van der Waals surface area contributed by atoms with Crippen molar-refractivity contribution in [1.29, 1.82) is 0 Å². The van der Waals surface area contributed by atoms with Crippen LogP contribution in [0, 0.1) is 12.8 Å². The lowest BCUT2D eigenvalue weighted by molar-refractivity contribution is 0.438. The van der Waals surface area contributed by atoms with Crippen LogP contribution in [0.4, 0.5) is 5.69 Å². The average Bonchev–Trinajstić information content (AvgIpc) is 2.51. The van der Waals surface area contributed by atoms with Crippen molar-refractivity contribution in [3.63, 3.8) is 0 Å². The van der Waals surface area contributed by atoms with E-state index in [0.29, 0.717) is 11.0 Å². The highest BCUT2D eigenvalue weighted by Gasteiger charge is 2.23. The third-order valence-electron chi connectivity index (χ3n) is 4.72. The first kappa shape index (κ1) is 14.8. The highest BCUT2D eigenvalue weighted by molar-refractivity contribution is 5.90. The van der Waals surface area contributed by atoms with Gasteiger partial charge >= 0.3 is 5.69 Å². The molecule has 1 fully saturated rings. The van der Waals surface area contributed by atoms with Crippen molar-refractivity contribution in [3.8, 4) is 0 Å². The normalized spacial score (nSPS) is 16.5. The van der Waals surface area contributed by atoms with Gasteiger partial charge in [0.2, 0.25) is 0 Å². The molecular weight excluding hydrogens is 280 g/mol. The van der Waals surface area contributed by atoms with E-state index in [0.717, 1.165) is 43.1 Å². The number of piperidine rings is 1. The molecule has 6 nitrogen and oxygen atoms in total. The largest absolute Gasteiger partial charge is 0.370 e. The maximum absolute atomic E-state index is 12.7. The van der Waals surface area contributed by atoms with Crippen LogP contribution in [0.15, 0.2) is 15.8 Å². The van der Waals surface area contributed by atoms with Crippen LogP contribution < -0.4 is 16.1 Å². The summed E-state index contributed by atoms with van der Waals surface area (Å²) < 4.78 is 2.62. The third kappa shape index (κ3) is 2.14. The van der Waals surface area contributed by atoms with Crippen molar-refractivity contribution >= 4 is 16.7 Å². The first-order chi connectivity index (χ1) is 10.4. The number of nitrogens with zero attached hydrogens (tertiary/aromatic N) is 4. The van der Waals surface area contributed by atoms with Crippen molar-refractivity contribution in [2.45, 2.75) is 26.7 Å². The molecule has 1 aliphatic heterocycles. The zero-order valence-electron chi connectivity index (χ0n) is 13.6. The Bertz CT molecular complexity index is 842. The molecule has 2 aromatic rings. The average molecular weight is 302 g/mol. The Morgan fingerprint density at radius 2 is 1.77 bits per heavy atom. The van der Waals surface area contributed by atoms with Crippen LogP contribution in [-0.4, -0.2) is 27.2 Å². The molecular formula is C16H22N4O2. The summed E-state index contributed by atoms with van der Waals surface area (Å²) in [6.07, 6.45) is 4.00. The second-order valence-corrected chi connectivity index (χ2v) is 6.36. The van der Waals surface area contributed by atoms with Gasteiger partial charge in [-0.1, -0.05) is 6.92 Å². The Kier molecular flexibility index (Phi) is 3.54. The molecule has 1 aliphatic rings. The van der Waals surface area contributed by atoms with Crippen LogP contribution in [0.25, 0.3) is 11.0 Å². The molecule has 1 saturated heterocycles. The van der Waals surface area contributed by atoms with Gasteiger partial charge in [-0.15, -0.1) is 0 Å². The SMILES string of the molecule is Cc1cnc2c(c1N1CCC(C)CC1)c(=O)n(C)c(=O)n2C. The summed E-state index contributed by atoms with van der Waals surface area (Å²) in [5.74, 6) is 0.719. The predicted molar refractivity (Wildman–Crippen MR) is 87.6 cm³/mol. The summed E-state index contributed by atoms with van der Waals surface area (Å²) in [5.41, 5.74) is 1.79. The van der Waals surface area contributed by atoms with E-state index < -0.39 is 0 Å². The highest BCUT2D eigenvalue weighted by atomic mass is 16.2. The molecule has 0 atom stereocenters. The van der Waals surface area contributed by atoms with Gasteiger partial charge in [-0.3, -0.25) is 13.9 Å². The van der Waals surface area contributed by atoms with Gasteiger partial charge < -0.3 is 4.90 Å². The molecule has 0 spiro atoms.